The number of carbonyl (C=O) groups excluding carboxylic acids is 1. The van der Waals surface area contributed by atoms with E-state index in [0.717, 1.165) is 18.2 Å². The molecule has 144 valence electrons. The summed E-state index contributed by atoms with van der Waals surface area (Å²) in [5.74, 6) is -0.480. The first-order valence-electron chi connectivity index (χ1n) is 7.71. The van der Waals surface area contributed by atoms with Crippen LogP contribution >= 0.6 is 11.6 Å². The van der Waals surface area contributed by atoms with Crippen molar-refractivity contribution in [3.8, 4) is 5.75 Å². The van der Waals surface area contributed by atoms with Gasteiger partial charge in [0.05, 0.1) is 27.8 Å². The molecule has 10 heteroatoms. The molecule has 2 aromatic carbocycles. The van der Waals surface area contributed by atoms with E-state index in [0.29, 0.717) is 0 Å². The minimum Gasteiger partial charge on any atom is -0.487 e. The number of anilines is 1. The predicted octanol–water partition coefficient (Wildman–Crippen LogP) is 5.06. The van der Waals surface area contributed by atoms with Gasteiger partial charge in [0.15, 0.2) is 5.75 Å². The maximum absolute atomic E-state index is 12.7. The largest absolute Gasteiger partial charge is 0.487 e. The van der Waals surface area contributed by atoms with Crippen LogP contribution in [0.3, 0.4) is 0 Å². The lowest BCUT2D eigenvalue weighted by atomic mass is 10.2. The van der Waals surface area contributed by atoms with Gasteiger partial charge in [-0.25, -0.2) is 0 Å². The van der Waals surface area contributed by atoms with E-state index in [-0.39, 0.29) is 41.6 Å². The minimum absolute atomic E-state index is 0.0208. The Morgan fingerprint density at radius 1 is 1.22 bits per heavy atom. The van der Waals surface area contributed by atoms with Gasteiger partial charge in [-0.1, -0.05) is 23.7 Å². The molecule has 1 N–H and O–H groups in total. The highest BCUT2D eigenvalue weighted by atomic mass is 35.5. The second-order valence-corrected chi connectivity index (χ2v) is 5.82. The van der Waals surface area contributed by atoms with Crippen molar-refractivity contribution in [2.75, 3.05) is 11.9 Å². The fourth-order valence-corrected chi connectivity index (χ4v) is 2.32. The molecule has 0 saturated carbocycles. The third-order valence-electron chi connectivity index (χ3n) is 3.44. The zero-order valence-corrected chi connectivity index (χ0v) is 14.5. The zero-order valence-electron chi connectivity index (χ0n) is 13.8. The average molecular weight is 403 g/mol. The summed E-state index contributed by atoms with van der Waals surface area (Å²) in [5, 5.41) is 13.2. The van der Waals surface area contributed by atoms with Crippen molar-refractivity contribution in [3.05, 3.63) is 63.2 Å². The van der Waals surface area contributed by atoms with E-state index < -0.39 is 22.6 Å². The van der Waals surface area contributed by atoms with Crippen LogP contribution in [0.2, 0.25) is 5.02 Å². The average Bonchev–Trinajstić information content (AvgIpc) is 2.60. The van der Waals surface area contributed by atoms with Gasteiger partial charge in [0.1, 0.15) is 0 Å². The molecular formula is C17H14ClF3N2O4. The van der Waals surface area contributed by atoms with Crippen molar-refractivity contribution in [3.63, 3.8) is 0 Å². The van der Waals surface area contributed by atoms with Gasteiger partial charge in [0.2, 0.25) is 5.91 Å². The number of ether oxygens (including phenoxy) is 1. The van der Waals surface area contributed by atoms with Crippen molar-refractivity contribution < 1.29 is 27.6 Å². The smallest absolute Gasteiger partial charge is 0.416 e. The summed E-state index contributed by atoms with van der Waals surface area (Å²) in [5.41, 5.74) is -1.27. The third-order valence-corrected chi connectivity index (χ3v) is 3.77. The summed E-state index contributed by atoms with van der Waals surface area (Å²) < 4.78 is 43.4. The maximum Gasteiger partial charge on any atom is 0.416 e. The monoisotopic (exact) mass is 402 g/mol. The molecule has 0 fully saturated rings. The van der Waals surface area contributed by atoms with Crippen molar-refractivity contribution in [1.82, 2.24) is 0 Å². The van der Waals surface area contributed by atoms with Gasteiger partial charge >= 0.3 is 11.9 Å². The minimum atomic E-state index is -4.55. The Kier molecular flexibility index (Phi) is 6.62. The van der Waals surface area contributed by atoms with Gasteiger partial charge in [-0.2, -0.15) is 13.2 Å². The number of benzene rings is 2. The number of hydrogen-bond acceptors (Lipinski definition) is 4. The topological polar surface area (TPSA) is 81.5 Å². The lowest BCUT2D eigenvalue weighted by Crippen LogP contribution is -2.14. The molecule has 1 amide bonds. The van der Waals surface area contributed by atoms with E-state index in [9.17, 15) is 28.1 Å². The van der Waals surface area contributed by atoms with E-state index in [2.05, 4.69) is 5.32 Å². The number of alkyl halides is 3. The summed E-state index contributed by atoms with van der Waals surface area (Å²) in [4.78, 5) is 22.2. The zero-order chi connectivity index (χ0) is 20.0. The molecule has 0 unspecified atom stereocenters. The molecule has 2 aromatic rings. The standard InChI is InChI=1S/C17H14ClF3N2O4/c18-12-8-7-11(17(19,20)21)10-13(12)22-16(24)6-3-9-27-15-5-2-1-4-14(15)23(25)26/h1-2,4-5,7-8,10H,3,6,9H2,(H,22,24). The van der Waals surface area contributed by atoms with Crippen molar-refractivity contribution in [1.29, 1.82) is 0 Å². The van der Waals surface area contributed by atoms with Crippen molar-refractivity contribution >= 4 is 28.9 Å². The van der Waals surface area contributed by atoms with Crippen LogP contribution in [0.25, 0.3) is 0 Å². The van der Waals surface area contributed by atoms with Crippen molar-refractivity contribution in [2.45, 2.75) is 19.0 Å². The highest BCUT2D eigenvalue weighted by Gasteiger charge is 2.31. The van der Waals surface area contributed by atoms with Crippen LogP contribution in [0, 0.1) is 10.1 Å². The number of nitro groups is 1. The predicted molar refractivity (Wildman–Crippen MR) is 92.9 cm³/mol. The molecule has 0 saturated heterocycles. The Morgan fingerprint density at radius 3 is 2.59 bits per heavy atom. The Balaban J connectivity index is 1.88. The first kappa shape index (κ1) is 20.5. The molecule has 0 aliphatic carbocycles. The van der Waals surface area contributed by atoms with Crippen LogP contribution in [0.15, 0.2) is 42.5 Å². The lowest BCUT2D eigenvalue weighted by Gasteiger charge is -2.12. The molecule has 0 bridgehead atoms. The number of nitro benzene ring substituents is 1. The summed E-state index contributed by atoms with van der Waals surface area (Å²) in [6.07, 6.45) is -4.41. The van der Waals surface area contributed by atoms with Crippen molar-refractivity contribution in [2.24, 2.45) is 0 Å². The fraction of sp³-hybridized carbons (Fsp3) is 0.235. The second kappa shape index (κ2) is 8.72. The molecule has 6 nitrogen and oxygen atoms in total. The first-order chi connectivity index (χ1) is 12.7. The number of rotatable bonds is 7. The highest BCUT2D eigenvalue weighted by molar-refractivity contribution is 6.33. The summed E-state index contributed by atoms with van der Waals surface area (Å²) >= 11 is 5.81. The number of carbonyl (C=O) groups is 1. The Morgan fingerprint density at radius 2 is 1.93 bits per heavy atom. The Bertz CT molecular complexity index is 843. The van der Waals surface area contributed by atoms with Gasteiger partial charge in [-0.3, -0.25) is 14.9 Å². The number of halogens is 4. The molecule has 0 spiro atoms. The van der Waals surface area contributed by atoms with Gasteiger partial charge in [-0.05, 0) is 30.7 Å². The number of para-hydroxylation sites is 2. The number of nitrogens with one attached hydrogen (secondary N) is 1. The van der Waals surface area contributed by atoms with E-state index in [1.54, 1.807) is 6.07 Å². The Hall–Kier alpha value is -2.81. The summed E-state index contributed by atoms with van der Waals surface area (Å²) in [6, 6.07) is 8.42. The van der Waals surface area contributed by atoms with Gasteiger partial charge < -0.3 is 10.1 Å². The van der Waals surface area contributed by atoms with Crippen LogP contribution in [0.1, 0.15) is 18.4 Å². The molecule has 0 heterocycles. The molecule has 0 atom stereocenters. The molecule has 0 aliphatic heterocycles. The summed E-state index contributed by atoms with van der Waals surface area (Å²) in [7, 11) is 0. The number of hydrogen-bond donors (Lipinski definition) is 1. The molecule has 27 heavy (non-hydrogen) atoms. The van der Waals surface area contributed by atoms with E-state index in [1.165, 1.54) is 18.2 Å². The van der Waals surface area contributed by atoms with Gasteiger partial charge in [-0.15, -0.1) is 0 Å². The highest BCUT2D eigenvalue weighted by Crippen LogP contribution is 2.34. The second-order valence-electron chi connectivity index (χ2n) is 5.42. The molecule has 0 aromatic heterocycles. The molecule has 2 rings (SSSR count). The summed E-state index contributed by atoms with van der Waals surface area (Å²) in [6.45, 7) is 0.0224. The van der Waals surface area contributed by atoms with Gasteiger partial charge in [0, 0.05) is 12.5 Å². The van der Waals surface area contributed by atoms with Crippen LogP contribution in [0.4, 0.5) is 24.5 Å². The van der Waals surface area contributed by atoms with Crippen LogP contribution in [-0.2, 0) is 11.0 Å². The van der Waals surface area contributed by atoms with Gasteiger partial charge in [0.25, 0.3) is 0 Å². The molecule has 0 radical (unpaired) electrons. The quantitative estimate of drug-likeness (QED) is 0.398. The third kappa shape index (κ3) is 5.85. The number of nitrogens with zero attached hydrogens (tertiary/aromatic N) is 1. The van der Waals surface area contributed by atoms with E-state index in [1.807, 2.05) is 0 Å². The SMILES string of the molecule is O=C(CCCOc1ccccc1[N+](=O)[O-])Nc1cc(C(F)(F)F)ccc1Cl. The van der Waals surface area contributed by atoms with Crippen LogP contribution < -0.4 is 10.1 Å². The molecular weight excluding hydrogens is 389 g/mol. The normalized spacial score (nSPS) is 11.1. The van der Waals surface area contributed by atoms with Crippen LogP contribution in [0.5, 0.6) is 5.75 Å². The molecule has 0 aliphatic rings. The Labute approximate surface area is 157 Å². The fourth-order valence-electron chi connectivity index (χ4n) is 2.16. The van der Waals surface area contributed by atoms with E-state index >= 15 is 0 Å². The first-order valence-corrected chi connectivity index (χ1v) is 8.09. The van der Waals surface area contributed by atoms with E-state index in [4.69, 9.17) is 16.3 Å². The number of amides is 1. The maximum atomic E-state index is 12.7. The lowest BCUT2D eigenvalue weighted by molar-refractivity contribution is -0.385. The van der Waals surface area contributed by atoms with Crippen LogP contribution in [-0.4, -0.2) is 17.4 Å².